The molecule has 0 saturated carbocycles. The van der Waals surface area contributed by atoms with Crippen LogP contribution in [-0.4, -0.2) is 16.1 Å². The van der Waals surface area contributed by atoms with Gasteiger partial charge in [-0.05, 0) is 56.2 Å². The zero-order chi connectivity index (χ0) is 21.6. The van der Waals surface area contributed by atoms with E-state index in [0.717, 1.165) is 31.2 Å². The molecule has 2 rings (SSSR count). The zero-order valence-electron chi connectivity index (χ0n) is 18.8. The van der Waals surface area contributed by atoms with E-state index < -0.39 is 6.17 Å². The van der Waals surface area contributed by atoms with Crippen LogP contribution in [0.1, 0.15) is 95.6 Å². The van der Waals surface area contributed by atoms with E-state index in [1.165, 1.54) is 51.0 Å². The van der Waals surface area contributed by atoms with Gasteiger partial charge in [-0.15, -0.1) is 0 Å². The highest BCUT2D eigenvalue weighted by molar-refractivity contribution is 5.55. The molecule has 0 spiro atoms. The maximum absolute atomic E-state index is 14.5. The molecule has 2 aromatic rings. The Morgan fingerprint density at radius 2 is 1.47 bits per heavy atom. The third kappa shape index (κ3) is 9.32. The van der Waals surface area contributed by atoms with E-state index in [0.29, 0.717) is 29.8 Å². The minimum Gasteiger partial charge on any atom is -0.248 e. The number of benzene rings is 1. The maximum Gasteiger partial charge on any atom is 0.159 e. The number of hydrogen-bond acceptors (Lipinski definition) is 2. The van der Waals surface area contributed by atoms with Crippen molar-refractivity contribution >= 4 is 0 Å². The van der Waals surface area contributed by atoms with Crippen LogP contribution < -0.4 is 0 Å². The predicted molar refractivity (Wildman–Crippen MR) is 122 cm³/mol. The number of hydrogen-bond donors (Lipinski definition) is 0. The first kappa shape index (κ1) is 24.4. The fraction of sp³-hybridized carbons (Fsp3) is 0.615. The second-order valence-corrected chi connectivity index (χ2v) is 8.47. The summed E-state index contributed by atoms with van der Waals surface area (Å²) in [5, 5.41) is 0. The van der Waals surface area contributed by atoms with Gasteiger partial charge in [0.05, 0.1) is 6.17 Å². The van der Waals surface area contributed by atoms with Crippen LogP contribution in [0.2, 0.25) is 0 Å². The smallest absolute Gasteiger partial charge is 0.159 e. The molecule has 1 unspecified atom stereocenters. The van der Waals surface area contributed by atoms with Crippen molar-refractivity contribution in [3.8, 4) is 11.4 Å². The Labute approximate surface area is 181 Å². The van der Waals surface area contributed by atoms with Crippen molar-refractivity contribution in [3.63, 3.8) is 0 Å². The lowest BCUT2D eigenvalue weighted by Gasteiger charge is -2.07. The Hall–Kier alpha value is -1.84. The topological polar surface area (TPSA) is 25.8 Å². The monoisotopic (exact) mass is 416 g/mol. The molecule has 0 amide bonds. The van der Waals surface area contributed by atoms with Gasteiger partial charge in [-0.25, -0.2) is 18.7 Å². The molecule has 0 aliphatic heterocycles. The summed E-state index contributed by atoms with van der Waals surface area (Å²) >= 11 is 0. The second kappa shape index (κ2) is 14.2. The summed E-state index contributed by atoms with van der Waals surface area (Å²) in [5.74, 6) is 0.364. The number of rotatable bonds is 15. The van der Waals surface area contributed by atoms with Gasteiger partial charge in [-0.3, -0.25) is 0 Å². The summed E-state index contributed by atoms with van der Waals surface area (Å²) in [4.78, 5) is 8.90. The lowest BCUT2D eigenvalue weighted by atomic mass is 10.0. The quantitative estimate of drug-likeness (QED) is 0.275. The molecule has 0 aliphatic carbocycles. The summed E-state index contributed by atoms with van der Waals surface area (Å²) in [6.45, 7) is 3.83. The molecule has 0 bridgehead atoms. The van der Waals surface area contributed by atoms with Crippen LogP contribution >= 0.6 is 0 Å². The molecule has 1 aromatic carbocycles. The Bertz CT molecular complexity index is 713. The highest BCUT2D eigenvalue weighted by Crippen LogP contribution is 2.21. The number of halogens is 2. The molecule has 1 atom stereocenters. The zero-order valence-corrected chi connectivity index (χ0v) is 18.8. The average Bonchev–Trinajstić information content (AvgIpc) is 2.74. The van der Waals surface area contributed by atoms with Gasteiger partial charge in [0.1, 0.15) is 5.82 Å². The second-order valence-electron chi connectivity index (χ2n) is 8.47. The number of aryl methyl sites for hydroxylation is 2. The lowest BCUT2D eigenvalue weighted by Crippen LogP contribution is -1.97. The summed E-state index contributed by atoms with van der Waals surface area (Å²) in [6, 6.07) is 5.26. The minimum atomic E-state index is -0.747. The van der Waals surface area contributed by atoms with Crippen molar-refractivity contribution in [2.45, 2.75) is 103 Å². The molecule has 166 valence electrons. The molecule has 4 heteroatoms. The molecule has 0 fully saturated rings. The van der Waals surface area contributed by atoms with Crippen molar-refractivity contribution in [2.75, 3.05) is 0 Å². The highest BCUT2D eigenvalue weighted by Gasteiger charge is 2.08. The van der Waals surface area contributed by atoms with E-state index in [4.69, 9.17) is 0 Å². The SMILES string of the molecule is CCCCCCCCCc1cnc(-c2ccc(CCCCCC(C)F)c(F)c2)nc1. The number of aromatic nitrogens is 2. The third-order valence-corrected chi connectivity index (χ3v) is 5.63. The average molecular weight is 417 g/mol. The summed E-state index contributed by atoms with van der Waals surface area (Å²) in [5.41, 5.74) is 2.57. The molecular weight excluding hydrogens is 378 g/mol. The Morgan fingerprint density at radius 3 is 2.13 bits per heavy atom. The first-order valence-corrected chi connectivity index (χ1v) is 11.8. The van der Waals surface area contributed by atoms with E-state index in [-0.39, 0.29) is 5.82 Å². The van der Waals surface area contributed by atoms with Gasteiger partial charge >= 0.3 is 0 Å². The number of nitrogens with zero attached hydrogens (tertiary/aromatic N) is 2. The van der Waals surface area contributed by atoms with Crippen LogP contribution in [0, 0.1) is 5.82 Å². The Morgan fingerprint density at radius 1 is 0.833 bits per heavy atom. The minimum absolute atomic E-state index is 0.206. The largest absolute Gasteiger partial charge is 0.248 e. The molecule has 0 aliphatic rings. The summed E-state index contributed by atoms with van der Waals surface area (Å²) in [6.07, 6.45) is 17.0. The van der Waals surface area contributed by atoms with Crippen molar-refractivity contribution < 1.29 is 8.78 Å². The van der Waals surface area contributed by atoms with Gasteiger partial charge < -0.3 is 0 Å². The van der Waals surface area contributed by atoms with E-state index in [9.17, 15) is 8.78 Å². The van der Waals surface area contributed by atoms with Crippen LogP contribution in [0.4, 0.5) is 8.78 Å². The van der Waals surface area contributed by atoms with Crippen LogP contribution in [0.15, 0.2) is 30.6 Å². The molecule has 0 radical (unpaired) electrons. The Kier molecular flexibility index (Phi) is 11.6. The van der Waals surface area contributed by atoms with Crippen molar-refractivity contribution in [3.05, 3.63) is 47.5 Å². The fourth-order valence-electron chi connectivity index (χ4n) is 3.73. The van der Waals surface area contributed by atoms with Crippen molar-refractivity contribution in [1.82, 2.24) is 9.97 Å². The molecule has 2 nitrogen and oxygen atoms in total. The van der Waals surface area contributed by atoms with Crippen molar-refractivity contribution in [1.29, 1.82) is 0 Å². The molecule has 0 N–H and O–H groups in total. The van der Waals surface area contributed by atoms with Crippen molar-refractivity contribution in [2.24, 2.45) is 0 Å². The van der Waals surface area contributed by atoms with E-state index in [1.807, 2.05) is 24.5 Å². The van der Waals surface area contributed by atoms with Gasteiger partial charge in [0.15, 0.2) is 5.82 Å². The highest BCUT2D eigenvalue weighted by atomic mass is 19.1. The van der Waals surface area contributed by atoms with Gasteiger partial charge in [0.2, 0.25) is 0 Å². The first-order chi connectivity index (χ1) is 14.6. The normalized spacial score (nSPS) is 12.3. The third-order valence-electron chi connectivity index (χ3n) is 5.63. The van der Waals surface area contributed by atoms with Crippen LogP contribution in [-0.2, 0) is 12.8 Å². The maximum atomic E-state index is 14.5. The van der Waals surface area contributed by atoms with E-state index in [1.54, 1.807) is 6.92 Å². The molecule has 0 saturated heterocycles. The van der Waals surface area contributed by atoms with E-state index >= 15 is 0 Å². The van der Waals surface area contributed by atoms with E-state index in [2.05, 4.69) is 16.9 Å². The lowest BCUT2D eigenvalue weighted by molar-refractivity contribution is 0.330. The molecular formula is C26H38F2N2. The molecule has 1 heterocycles. The van der Waals surface area contributed by atoms with Gasteiger partial charge in [0.25, 0.3) is 0 Å². The number of unbranched alkanes of at least 4 members (excludes halogenated alkanes) is 8. The van der Waals surface area contributed by atoms with Gasteiger partial charge in [0, 0.05) is 18.0 Å². The molecule has 30 heavy (non-hydrogen) atoms. The van der Waals surface area contributed by atoms with Gasteiger partial charge in [-0.2, -0.15) is 0 Å². The van der Waals surface area contributed by atoms with Crippen LogP contribution in [0.5, 0.6) is 0 Å². The Balaban J connectivity index is 1.76. The standard InChI is InChI=1S/C26H38F2N2/c1-3-4-5-6-7-8-11-14-22-19-29-26(30-20-22)24-17-16-23(25(28)18-24)15-12-9-10-13-21(2)27/h16-21H,3-15H2,1-2H3. The summed E-state index contributed by atoms with van der Waals surface area (Å²) in [7, 11) is 0. The summed E-state index contributed by atoms with van der Waals surface area (Å²) < 4.78 is 27.3. The van der Waals surface area contributed by atoms with Gasteiger partial charge in [-0.1, -0.05) is 70.4 Å². The first-order valence-electron chi connectivity index (χ1n) is 11.8. The predicted octanol–water partition coefficient (Wildman–Crippen LogP) is 8.04. The van der Waals surface area contributed by atoms with Crippen LogP contribution in [0.25, 0.3) is 11.4 Å². The number of alkyl halides is 1. The van der Waals surface area contributed by atoms with Crippen LogP contribution in [0.3, 0.4) is 0 Å². The molecule has 1 aromatic heterocycles. The fourth-order valence-corrected chi connectivity index (χ4v) is 3.73.